The first kappa shape index (κ1) is 13.8. The van der Waals surface area contributed by atoms with Crippen LogP contribution in [0.2, 0.25) is 0 Å². The van der Waals surface area contributed by atoms with Crippen LogP contribution in [0.1, 0.15) is 36.4 Å². The van der Waals surface area contributed by atoms with E-state index in [2.05, 4.69) is 0 Å². The number of carboxylic acids is 1. The van der Waals surface area contributed by atoms with Gasteiger partial charge in [-0.3, -0.25) is 4.21 Å². The summed E-state index contributed by atoms with van der Waals surface area (Å²) in [6.07, 6.45) is 0.879. The number of hydrogen-bond acceptors (Lipinski definition) is 3. The number of hydrogen-bond donors (Lipinski definition) is 1. The summed E-state index contributed by atoms with van der Waals surface area (Å²) >= 11 is 0. The average molecular weight is 280 g/mol. The van der Waals surface area contributed by atoms with E-state index in [1.54, 1.807) is 6.07 Å². The van der Waals surface area contributed by atoms with Gasteiger partial charge in [0.25, 0.3) is 0 Å². The molecule has 0 spiro atoms. The SMILES string of the molecule is CCC(C)S(=O)Cc1ccc2oc(C(=O)O)cc2c1. The molecular formula is C14H16O4S. The largest absolute Gasteiger partial charge is 0.475 e. The summed E-state index contributed by atoms with van der Waals surface area (Å²) in [4.78, 5) is 10.8. The fourth-order valence-electron chi connectivity index (χ4n) is 1.78. The maximum atomic E-state index is 12.0. The number of benzene rings is 1. The van der Waals surface area contributed by atoms with Crippen LogP contribution in [0, 0.1) is 0 Å². The molecule has 0 aliphatic carbocycles. The molecule has 0 aliphatic rings. The molecule has 0 fully saturated rings. The van der Waals surface area contributed by atoms with Crippen LogP contribution < -0.4 is 0 Å². The zero-order valence-electron chi connectivity index (χ0n) is 10.9. The quantitative estimate of drug-likeness (QED) is 0.913. The Bertz CT molecular complexity index is 629. The molecule has 2 unspecified atom stereocenters. The highest BCUT2D eigenvalue weighted by molar-refractivity contribution is 7.84. The third-order valence-electron chi connectivity index (χ3n) is 3.12. The van der Waals surface area contributed by atoms with Gasteiger partial charge in [0.15, 0.2) is 0 Å². The van der Waals surface area contributed by atoms with Crippen molar-refractivity contribution < 1.29 is 18.5 Å². The minimum atomic E-state index is -1.08. The van der Waals surface area contributed by atoms with Gasteiger partial charge < -0.3 is 9.52 Å². The maximum absolute atomic E-state index is 12.0. The van der Waals surface area contributed by atoms with E-state index in [0.29, 0.717) is 11.3 Å². The van der Waals surface area contributed by atoms with Crippen molar-refractivity contribution in [2.45, 2.75) is 31.3 Å². The molecule has 1 aromatic heterocycles. The predicted molar refractivity (Wildman–Crippen MR) is 74.8 cm³/mol. The molecule has 19 heavy (non-hydrogen) atoms. The minimum Gasteiger partial charge on any atom is -0.475 e. The van der Waals surface area contributed by atoms with E-state index >= 15 is 0 Å². The standard InChI is InChI=1S/C14H16O4S/c1-3-9(2)19(17)8-10-4-5-12-11(6-10)7-13(18-12)14(15)16/h4-7,9H,3,8H2,1-2H3,(H,15,16). The smallest absolute Gasteiger partial charge is 0.371 e. The lowest BCUT2D eigenvalue weighted by atomic mass is 10.2. The van der Waals surface area contributed by atoms with Crippen molar-refractivity contribution in [3.63, 3.8) is 0 Å². The van der Waals surface area contributed by atoms with Crippen LogP contribution in [0.3, 0.4) is 0 Å². The molecule has 0 saturated carbocycles. The number of fused-ring (bicyclic) bond motifs is 1. The van der Waals surface area contributed by atoms with Crippen LogP contribution in [0.5, 0.6) is 0 Å². The third kappa shape index (κ3) is 3.04. The van der Waals surface area contributed by atoms with E-state index < -0.39 is 16.8 Å². The number of rotatable bonds is 5. The fraction of sp³-hybridized carbons (Fsp3) is 0.357. The third-order valence-corrected chi connectivity index (χ3v) is 4.97. The molecule has 0 amide bonds. The van der Waals surface area contributed by atoms with E-state index in [1.807, 2.05) is 26.0 Å². The van der Waals surface area contributed by atoms with Crippen LogP contribution in [0.25, 0.3) is 11.0 Å². The van der Waals surface area contributed by atoms with Crippen molar-refractivity contribution in [3.05, 3.63) is 35.6 Å². The van der Waals surface area contributed by atoms with Gasteiger partial charge in [0.1, 0.15) is 5.58 Å². The second kappa shape index (κ2) is 5.57. The average Bonchev–Trinajstić information content (AvgIpc) is 2.81. The van der Waals surface area contributed by atoms with Crippen LogP contribution in [0.4, 0.5) is 0 Å². The topological polar surface area (TPSA) is 67.5 Å². The predicted octanol–water partition coefficient (Wildman–Crippen LogP) is 3.18. The van der Waals surface area contributed by atoms with E-state index in [1.165, 1.54) is 6.07 Å². The molecule has 2 rings (SSSR count). The van der Waals surface area contributed by atoms with Gasteiger partial charge in [-0.15, -0.1) is 0 Å². The van der Waals surface area contributed by atoms with Crippen molar-refractivity contribution in [1.82, 2.24) is 0 Å². The van der Waals surface area contributed by atoms with E-state index in [-0.39, 0.29) is 11.0 Å². The Balaban J connectivity index is 2.26. The first-order valence-electron chi connectivity index (χ1n) is 6.14. The van der Waals surface area contributed by atoms with Gasteiger partial charge >= 0.3 is 5.97 Å². The van der Waals surface area contributed by atoms with Gasteiger partial charge in [0, 0.05) is 27.2 Å². The first-order valence-corrected chi connectivity index (χ1v) is 7.52. The van der Waals surface area contributed by atoms with Crippen LogP contribution in [-0.2, 0) is 16.6 Å². The summed E-state index contributed by atoms with van der Waals surface area (Å²) in [6.45, 7) is 3.98. The van der Waals surface area contributed by atoms with Crippen molar-refractivity contribution in [3.8, 4) is 0 Å². The van der Waals surface area contributed by atoms with Gasteiger partial charge in [-0.2, -0.15) is 0 Å². The maximum Gasteiger partial charge on any atom is 0.371 e. The summed E-state index contributed by atoms with van der Waals surface area (Å²) in [5.41, 5.74) is 1.47. The number of aromatic carboxylic acids is 1. The Morgan fingerprint density at radius 3 is 2.79 bits per heavy atom. The molecule has 0 radical (unpaired) electrons. The number of furan rings is 1. The Hall–Kier alpha value is -1.62. The second-order valence-corrected chi connectivity index (χ2v) is 6.39. The molecule has 0 aliphatic heterocycles. The summed E-state index contributed by atoms with van der Waals surface area (Å²) < 4.78 is 17.2. The Kier molecular flexibility index (Phi) is 4.04. The van der Waals surface area contributed by atoms with Gasteiger partial charge in [-0.25, -0.2) is 4.79 Å². The summed E-state index contributed by atoms with van der Waals surface area (Å²) in [5.74, 6) is -0.672. The van der Waals surface area contributed by atoms with Gasteiger partial charge in [-0.05, 0) is 30.2 Å². The minimum absolute atomic E-state index is 0.0739. The zero-order chi connectivity index (χ0) is 14.0. The Labute approximate surface area is 113 Å². The second-order valence-electron chi connectivity index (χ2n) is 4.53. The van der Waals surface area contributed by atoms with Crippen LogP contribution in [0.15, 0.2) is 28.7 Å². The lowest BCUT2D eigenvalue weighted by Crippen LogP contribution is -2.11. The summed E-state index contributed by atoms with van der Waals surface area (Å²) in [7, 11) is -0.908. The molecular weight excluding hydrogens is 264 g/mol. The molecule has 1 N–H and O–H groups in total. The van der Waals surface area contributed by atoms with Crippen molar-refractivity contribution in [2.75, 3.05) is 0 Å². The van der Waals surface area contributed by atoms with Crippen molar-refractivity contribution >= 4 is 27.7 Å². The van der Waals surface area contributed by atoms with Crippen molar-refractivity contribution in [1.29, 1.82) is 0 Å². The molecule has 102 valence electrons. The van der Waals surface area contributed by atoms with Gasteiger partial charge in [0.2, 0.25) is 5.76 Å². The van der Waals surface area contributed by atoms with E-state index in [0.717, 1.165) is 17.4 Å². The van der Waals surface area contributed by atoms with Gasteiger partial charge in [-0.1, -0.05) is 19.9 Å². The Morgan fingerprint density at radius 1 is 1.42 bits per heavy atom. The molecule has 4 nitrogen and oxygen atoms in total. The highest BCUT2D eigenvalue weighted by Crippen LogP contribution is 2.22. The Morgan fingerprint density at radius 2 is 2.16 bits per heavy atom. The summed E-state index contributed by atoms with van der Waals surface area (Å²) in [6, 6.07) is 6.89. The lowest BCUT2D eigenvalue weighted by molar-refractivity contribution is 0.0665. The first-order chi connectivity index (χ1) is 9.01. The lowest BCUT2D eigenvalue weighted by Gasteiger charge is -2.08. The van der Waals surface area contributed by atoms with E-state index in [4.69, 9.17) is 9.52 Å². The highest BCUT2D eigenvalue weighted by Gasteiger charge is 2.13. The normalized spacial score (nSPS) is 14.4. The molecule has 5 heteroatoms. The van der Waals surface area contributed by atoms with Crippen LogP contribution in [-0.4, -0.2) is 20.5 Å². The number of carboxylic acid groups (broad SMARTS) is 1. The van der Waals surface area contributed by atoms with Crippen LogP contribution >= 0.6 is 0 Å². The monoisotopic (exact) mass is 280 g/mol. The molecule has 1 heterocycles. The molecule has 2 aromatic rings. The molecule has 0 saturated heterocycles. The van der Waals surface area contributed by atoms with Gasteiger partial charge in [0.05, 0.1) is 0 Å². The molecule has 1 aromatic carbocycles. The molecule has 0 bridgehead atoms. The zero-order valence-corrected chi connectivity index (χ0v) is 11.7. The summed E-state index contributed by atoms with van der Waals surface area (Å²) in [5, 5.41) is 9.76. The van der Waals surface area contributed by atoms with Crippen molar-refractivity contribution in [2.24, 2.45) is 0 Å². The number of carbonyl (C=O) groups is 1. The molecule has 2 atom stereocenters. The van der Waals surface area contributed by atoms with E-state index in [9.17, 15) is 9.00 Å². The fourth-order valence-corrected chi connectivity index (χ4v) is 2.94. The highest BCUT2D eigenvalue weighted by atomic mass is 32.2.